The summed E-state index contributed by atoms with van der Waals surface area (Å²) in [4.78, 5) is 26.4. The van der Waals surface area contributed by atoms with Crippen LogP contribution in [-0.4, -0.2) is 32.0 Å². The van der Waals surface area contributed by atoms with E-state index in [1.54, 1.807) is 24.3 Å². The van der Waals surface area contributed by atoms with Crippen molar-refractivity contribution in [3.63, 3.8) is 0 Å². The summed E-state index contributed by atoms with van der Waals surface area (Å²) in [6.45, 7) is -1.24. The van der Waals surface area contributed by atoms with Crippen LogP contribution in [-0.2, 0) is 17.9 Å². The molecule has 4 aromatic rings. The van der Waals surface area contributed by atoms with Crippen LogP contribution in [0, 0.1) is 11.6 Å². The number of nitrogens with zero attached hydrogens (tertiary/aromatic N) is 3. The minimum atomic E-state index is -1.09. The number of thiophene rings is 1. The van der Waals surface area contributed by atoms with Crippen molar-refractivity contribution in [2.45, 2.75) is 19.1 Å². The Morgan fingerprint density at radius 1 is 1.11 bits per heavy atom. The highest BCUT2D eigenvalue weighted by Gasteiger charge is 2.22. The number of hydrogen-bond donors (Lipinski definition) is 2. The van der Waals surface area contributed by atoms with E-state index >= 15 is 0 Å². The third kappa shape index (κ3) is 5.46. The zero-order valence-corrected chi connectivity index (χ0v) is 20.2. The van der Waals surface area contributed by atoms with Crippen LogP contribution in [0.25, 0.3) is 10.7 Å². The normalized spacial score (nSPS) is 12.0. The molecule has 12 heteroatoms. The van der Waals surface area contributed by atoms with Crippen molar-refractivity contribution in [1.29, 1.82) is 0 Å². The van der Waals surface area contributed by atoms with Crippen molar-refractivity contribution in [3.8, 4) is 10.7 Å². The summed E-state index contributed by atoms with van der Waals surface area (Å²) < 4.78 is 31.3. The van der Waals surface area contributed by atoms with Gasteiger partial charge < -0.3 is 10.4 Å². The fourth-order valence-corrected chi connectivity index (χ4v) is 4.71. The molecule has 2 aromatic carbocycles. The number of aromatic nitrogens is 3. The van der Waals surface area contributed by atoms with Crippen molar-refractivity contribution in [1.82, 2.24) is 19.7 Å². The first-order valence-electron chi connectivity index (χ1n) is 10.3. The third-order valence-corrected chi connectivity index (χ3v) is 6.69. The van der Waals surface area contributed by atoms with E-state index in [0.29, 0.717) is 9.21 Å². The molecule has 0 fully saturated rings. The summed E-state index contributed by atoms with van der Waals surface area (Å²) in [5.41, 5.74) is -0.392. The van der Waals surface area contributed by atoms with E-state index < -0.39 is 42.4 Å². The van der Waals surface area contributed by atoms with E-state index in [1.807, 2.05) is 0 Å². The van der Waals surface area contributed by atoms with Crippen LogP contribution in [0.3, 0.4) is 0 Å². The maximum absolute atomic E-state index is 14.4. The summed E-state index contributed by atoms with van der Waals surface area (Å²) >= 11 is 13.0. The maximum atomic E-state index is 14.4. The standard InChI is InChI=1S/C23H18Cl2F2N4O3S/c24-15-6-3-5-14(21(15)27)17(12-32)28-20(33)11-31-23(34)30(10-13-4-1-2-7-16(13)26)22(29-31)18-8-9-19(25)35-18/h1-9,17,32H,10-12H2,(H,28,33). The predicted octanol–water partition coefficient (Wildman–Crippen LogP) is 4.26. The Bertz CT molecular complexity index is 1440. The molecule has 7 nitrogen and oxygen atoms in total. The molecule has 0 aliphatic rings. The molecular weight excluding hydrogens is 521 g/mol. The molecule has 0 aliphatic heterocycles. The van der Waals surface area contributed by atoms with E-state index in [2.05, 4.69) is 10.4 Å². The monoisotopic (exact) mass is 538 g/mol. The molecular formula is C23H18Cl2F2N4O3S. The van der Waals surface area contributed by atoms with Crippen LogP contribution in [0.15, 0.2) is 59.4 Å². The quantitative estimate of drug-likeness (QED) is 0.351. The van der Waals surface area contributed by atoms with Gasteiger partial charge >= 0.3 is 5.69 Å². The average Bonchev–Trinajstić information content (AvgIpc) is 3.39. The average molecular weight is 539 g/mol. The highest BCUT2D eigenvalue weighted by atomic mass is 35.5. The molecule has 0 saturated carbocycles. The fraction of sp³-hybridized carbons (Fsp3) is 0.174. The van der Waals surface area contributed by atoms with Crippen molar-refractivity contribution in [2.24, 2.45) is 0 Å². The SMILES string of the molecule is O=C(Cn1nc(-c2ccc(Cl)s2)n(Cc2ccccc2F)c1=O)NC(CO)c1cccc(Cl)c1F. The van der Waals surface area contributed by atoms with Gasteiger partial charge in [-0.3, -0.25) is 9.36 Å². The summed E-state index contributed by atoms with van der Waals surface area (Å²) in [6, 6.07) is 12.4. The zero-order chi connectivity index (χ0) is 25.1. The third-order valence-electron chi connectivity index (χ3n) is 5.17. The number of carbonyl (C=O) groups is 1. The highest BCUT2D eigenvalue weighted by Crippen LogP contribution is 2.30. The molecule has 1 unspecified atom stereocenters. The van der Waals surface area contributed by atoms with Gasteiger partial charge in [0.25, 0.3) is 0 Å². The van der Waals surface area contributed by atoms with E-state index in [0.717, 1.165) is 4.68 Å². The van der Waals surface area contributed by atoms with Crippen LogP contribution < -0.4 is 11.0 Å². The fourth-order valence-electron chi connectivity index (χ4n) is 3.49. The minimum Gasteiger partial charge on any atom is -0.394 e. The maximum Gasteiger partial charge on any atom is 0.347 e. The second-order valence-corrected chi connectivity index (χ2v) is 9.61. The topological polar surface area (TPSA) is 89.2 Å². The smallest absolute Gasteiger partial charge is 0.347 e. The number of amides is 1. The number of carbonyl (C=O) groups excluding carboxylic acids is 1. The number of aliphatic hydroxyl groups excluding tert-OH is 1. The lowest BCUT2D eigenvalue weighted by atomic mass is 10.1. The second kappa shape index (κ2) is 10.7. The van der Waals surface area contributed by atoms with Crippen LogP contribution in [0.4, 0.5) is 8.78 Å². The van der Waals surface area contributed by atoms with E-state index in [9.17, 15) is 23.5 Å². The lowest BCUT2D eigenvalue weighted by Crippen LogP contribution is -2.37. The molecule has 4 rings (SSSR count). The highest BCUT2D eigenvalue weighted by molar-refractivity contribution is 7.19. The number of rotatable bonds is 8. The lowest BCUT2D eigenvalue weighted by Gasteiger charge is -2.17. The van der Waals surface area contributed by atoms with E-state index in [-0.39, 0.29) is 28.5 Å². The number of benzene rings is 2. The Labute approximate surface area is 212 Å². The predicted molar refractivity (Wildman–Crippen MR) is 130 cm³/mol. The zero-order valence-electron chi connectivity index (χ0n) is 17.9. The Morgan fingerprint density at radius 2 is 1.89 bits per heavy atom. The van der Waals surface area contributed by atoms with Gasteiger partial charge in [-0.2, -0.15) is 0 Å². The van der Waals surface area contributed by atoms with Gasteiger partial charge in [0.05, 0.1) is 33.4 Å². The largest absolute Gasteiger partial charge is 0.394 e. The van der Waals surface area contributed by atoms with Gasteiger partial charge in [-0.25, -0.2) is 18.3 Å². The molecule has 182 valence electrons. The molecule has 1 atom stereocenters. The molecule has 2 heterocycles. The Balaban J connectivity index is 1.64. The lowest BCUT2D eigenvalue weighted by molar-refractivity contribution is -0.123. The van der Waals surface area contributed by atoms with Crippen molar-refractivity contribution in [3.05, 3.63) is 97.2 Å². The molecule has 0 bridgehead atoms. The van der Waals surface area contributed by atoms with Crippen LogP contribution in [0.2, 0.25) is 9.36 Å². The molecule has 35 heavy (non-hydrogen) atoms. The van der Waals surface area contributed by atoms with Gasteiger partial charge in [-0.05, 0) is 24.3 Å². The number of halogens is 4. The van der Waals surface area contributed by atoms with Crippen molar-refractivity contribution in [2.75, 3.05) is 6.61 Å². The van der Waals surface area contributed by atoms with Crippen molar-refractivity contribution >= 4 is 40.4 Å². The first-order valence-corrected chi connectivity index (χ1v) is 11.9. The number of aliphatic hydroxyl groups is 1. The van der Waals surface area contributed by atoms with Crippen LogP contribution in [0.1, 0.15) is 17.2 Å². The number of hydrogen-bond acceptors (Lipinski definition) is 5. The van der Waals surface area contributed by atoms with Crippen LogP contribution in [0.5, 0.6) is 0 Å². The Morgan fingerprint density at radius 3 is 2.57 bits per heavy atom. The summed E-state index contributed by atoms with van der Waals surface area (Å²) in [6.07, 6.45) is 0. The first-order chi connectivity index (χ1) is 16.8. The molecule has 2 aromatic heterocycles. The van der Waals surface area contributed by atoms with Gasteiger partial charge in [0.2, 0.25) is 5.91 Å². The second-order valence-electron chi connectivity index (χ2n) is 7.49. The molecule has 1 amide bonds. The molecule has 0 radical (unpaired) electrons. The summed E-state index contributed by atoms with van der Waals surface area (Å²) in [5.74, 6) is -1.74. The van der Waals surface area contributed by atoms with Crippen LogP contribution >= 0.6 is 34.5 Å². The minimum absolute atomic E-state index is 0.000282. The van der Waals surface area contributed by atoms with E-state index in [4.69, 9.17) is 23.2 Å². The number of nitrogens with one attached hydrogen (secondary N) is 1. The molecule has 0 saturated heterocycles. The Hall–Kier alpha value is -3.05. The summed E-state index contributed by atoms with van der Waals surface area (Å²) in [7, 11) is 0. The van der Waals surface area contributed by atoms with Gasteiger partial charge in [0.15, 0.2) is 5.82 Å². The Kier molecular flexibility index (Phi) is 7.66. The summed E-state index contributed by atoms with van der Waals surface area (Å²) in [5, 5.41) is 16.3. The first kappa shape index (κ1) is 25.1. The van der Waals surface area contributed by atoms with Gasteiger partial charge in [0, 0.05) is 11.1 Å². The molecule has 2 N–H and O–H groups in total. The molecule has 0 aliphatic carbocycles. The van der Waals surface area contributed by atoms with Gasteiger partial charge in [0.1, 0.15) is 18.2 Å². The van der Waals surface area contributed by atoms with Crippen molar-refractivity contribution < 1.29 is 18.7 Å². The molecule has 0 spiro atoms. The van der Waals surface area contributed by atoms with Gasteiger partial charge in [-0.1, -0.05) is 53.5 Å². The van der Waals surface area contributed by atoms with E-state index in [1.165, 1.54) is 46.2 Å². The van der Waals surface area contributed by atoms with Gasteiger partial charge in [-0.15, -0.1) is 16.4 Å².